The lowest BCUT2D eigenvalue weighted by molar-refractivity contribution is 0.0946. The maximum absolute atomic E-state index is 11.8. The predicted molar refractivity (Wildman–Crippen MR) is 75.1 cm³/mol. The van der Waals surface area contributed by atoms with Crippen LogP contribution in [0.3, 0.4) is 0 Å². The molecule has 0 aliphatic carbocycles. The average Bonchev–Trinajstić information content (AvgIpc) is 2.42. The molecular weight excluding hydrogens is 262 g/mol. The van der Waals surface area contributed by atoms with Gasteiger partial charge in [-0.25, -0.2) is 4.98 Å². The van der Waals surface area contributed by atoms with Gasteiger partial charge in [-0.1, -0.05) is 23.7 Å². The van der Waals surface area contributed by atoms with Crippen LogP contribution in [0.4, 0.5) is 5.82 Å². The minimum atomic E-state index is -0.0405. The molecule has 3 N–H and O–H groups in total. The van der Waals surface area contributed by atoms with Gasteiger partial charge in [0.25, 0.3) is 5.91 Å². The Morgan fingerprint density at radius 2 is 2.05 bits per heavy atom. The van der Waals surface area contributed by atoms with Gasteiger partial charge in [0.2, 0.25) is 0 Å². The van der Waals surface area contributed by atoms with E-state index in [2.05, 4.69) is 10.3 Å². The minimum absolute atomic E-state index is 0.0405. The number of nitrogens with zero attached hydrogens (tertiary/aromatic N) is 1. The van der Waals surface area contributed by atoms with Gasteiger partial charge in [0.15, 0.2) is 0 Å². The second-order valence-electron chi connectivity index (χ2n) is 4.43. The smallest absolute Gasteiger partial charge is 0.251 e. The van der Waals surface area contributed by atoms with Crippen molar-refractivity contribution in [2.45, 2.75) is 6.42 Å². The van der Waals surface area contributed by atoms with Crippen LogP contribution < -0.4 is 11.1 Å². The first-order valence-corrected chi connectivity index (χ1v) is 6.36. The highest BCUT2D eigenvalue weighted by Crippen LogP contribution is 2.33. The molecule has 1 aliphatic heterocycles. The van der Waals surface area contributed by atoms with Gasteiger partial charge in [0.05, 0.1) is 5.02 Å². The fourth-order valence-electron chi connectivity index (χ4n) is 2.38. The zero-order valence-electron chi connectivity index (χ0n) is 10.1. The van der Waals surface area contributed by atoms with Crippen LogP contribution in [0.1, 0.15) is 15.9 Å². The van der Waals surface area contributed by atoms with Crippen molar-refractivity contribution in [1.82, 2.24) is 10.3 Å². The Morgan fingerprint density at radius 3 is 2.89 bits per heavy atom. The number of benzene rings is 1. The largest absolute Gasteiger partial charge is 0.384 e. The van der Waals surface area contributed by atoms with Crippen molar-refractivity contribution >= 4 is 23.3 Å². The lowest BCUT2D eigenvalue weighted by atomic mass is 9.91. The van der Waals surface area contributed by atoms with Gasteiger partial charge in [-0.15, -0.1) is 0 Å². The normalized spacial score (nSPS) is 13.8. The van der Waals surface area contributed by atoms with Crippen molar-refractivity contribution in [3.63, 3.8) is 0 Å². The average molecular weight is 274 g/mol. The molecule has 0 radical (unpaired) electrons. The summed E-state index contributed by atoms with van der Waals surface area (Å²) in [5.41, 5.74) is 9.21. The van der Waals surface area contributed by atoms with E-state index in [-0.39, 0.29) is 5.91 Å². The second kappa shape index (κ2) is 4.55. The Kier molecular flexibility index (Phi) is 2.87. The number of nitrogen functional groups attached to an aromatic ring is 1. The van der Waals surface area contributed by atoms with Crippen LogP contribution in [-0.4, -0.2) is 17.4 Å². The molecule has 0 atom stereocenters. The molecule has 2 heterocycles. The van der Waals surface area contributed by atoms with E-state index in [4.69, 9.17) is 17.3 Å². The summed E-state index contributed by atoms with van der Waals surface area (Å²) in [6.07, 6.45) is 2.32. The molecule has 1 aromatic heterocycles. The molecule has 0 bridgehead atoms. The van der Waals surface area contributed by atoms with Crippen LogP contribution >= 0.6 is 11.6 Å². The van der Waals surface area contributed by atoms with Crippen molar-refractivity contribution in [2.24, 2.45) is 0 Å². The number of pyridine rings is 1. The van der Waals surface area contributed by atoms with Gasteiger partial charge in [0, 0.05) is 23.9 Å². The summed E-state index contributed by atoms with van der Waals surface area (Å²) in [6.45, 7) is 0.640. The van der Waals surface area contributed by atoms with E-state index in [0.29, 0.717) is 22.9 Å². The van der Waals surface area contributed by atoms with Crippen molar-refractivity contribution in [1.29, 1.82) is 0 Å². The van der Waals surface area contributed by atoms with Gasteiger partial charge in [-0.05, 0) is 29.7 Å². The highest BCUT2D eigenvalue weighted by molar-refractivity contribution is 6.33. The number of carbonyl (C=O) groups excluding carboxylic acids is 1. The molecule has 0 saturated carbocycles. The third kappa shape index (κ3) is 2.04. The van der Waals surface area contributed by atoms with E-state index < -0.39 is 0 Å². The van der Waals surface area contributed by atoms with Gasteiger partial charge >= 0.3 is 0 Å². The summed E-state index contributed by atoms with van der Waals surface area (Å²) in [5, 5.41) is 3.37. The number of nitrogens with two attached hydrogens (primary N) is 1. The van der Waals surface area contributed by atoms with Crippen LogP contribution in [0.15, 0.2) is 30.5 Å². The number of halogens is 1. The summed E-state index contributed by atoms with van der Waals surface area (Å²) in [4.78, 5) is 15.8. The summed E-state index contributed by atoms with van der Waals surface area (Å²) >= 11 is 6.19. The highest BCUT2D eigenvalue weighted by atomic mass is 35.5. The molecule has 19 heavy (non-hydrogen) atoms. The van der Waals surface area contributed by atoms with Gasteiger partial charge < -0.3 is 11.1 Å². The zero-order chi connectivity index (χ0) is 13.4. The van der Waals surface area contributed by atoms with Crippen molar-refractivity contribution in [3.05, 3.63) is 46.6 Å². The third-order valence-electron chi connectivity index (χ3n) is 3.25. The molecule has 96 valence electrons. The topological polar surface area (TPSA) is 68.0 Å². The molecule has 0 spiro atoms. The standard InChI is InChI=1S/C14H12ClN3O/c15-12-7-18-13(16)6-11(12)8-2-1-3-10-9(8)4-5-17-14(10)19/h1-3,6-7H,4-5H2,(H2,16,18)(H,17,19). The number of amides is 1. The van der Waals surface area contributed by atoms with Crippen LogP contribution in [0.25, 0.3) is 11.1 Å². The van der Waals surface area contributed by atoms with E-state index >= 15 is 0 Å². The number of rotatable bonds is 1. The first-order chi connectivity index (χ1) is 9.16. The number of aromatic nitrogens is 1. The Morgan fingerprint density at radius 1 is 1.26 bits per heavy atom. The Balaban J connectivity index is 2.23. The molecule has 0 unspecified atom stereocenters. The van der Waals surface area contributed by atoms with Gasteiger partial charge in [-0.3, -0.25) is 4.79 Å². The van der Waals surface area contributed by atoms with Crippen LogP contribution in [0, 0.1) is 0 Å². The first kappa shape index (κ1) is 12.0. The molecule has 5 heteroatoms. The fourth-order valence-corrected chi connectivity index (χ4v) is 2.58. The number of carbonyl (C=O) groups is 1. The molecule has 1 aromatic carbocycles. The molecule has 0 saturated heterocycles. The fraction of sp³-hybridized carbons (Fsp3) is 0.143. The van der Waals surface area contributed by atoms with E-state index in [0.717, 1.165) is 23.1 Å². The van der Waals surface area contributed by atoms with Gasteiger partial charge in [0.1, 0.15) is 5.82 Å². The predicted octanol–water partition coefficient (Wildman–Crippen LogP) is 2.27. The van der Waals surface area contributed by atoms with Crippen molar-refractivity contribution < 1.29 is 4.79 Å². The summed E-state index contributed by atoms with van der Waals surface area (Å²) < 4.78 is 0. The number of hydrogen-bond donors (Lipinski definition) is 2. The van der Waals surface area contributed by atoms with Crippen molar-refractivity contribution in [3.8, 4) is 11.1 Å². The zero-order valence-corrected chi connectivity index (χ0v) is 10.9. The van der Waals surface area contributed by atoms with E-state index in [1.807, 2.05) is 18.2 Å². The molecule has 2 aromatic rings. The van der Waals surface area contributed by atoms with E-state index in [1.165, 1.54) is 6.20 Å². The van der Waals surface area contributed by atoms with Crippen LogP contribution in [0.5, 0.6) is 0 Å². The number of fused-ring (bicyclic) bond motifs is 1. The molecule has 1 aliphatic rings. The highest BCUT2D eigenvalue weighted by Gasteiger charge is 2.20. The lowest BCUT2D eigenvalue weighted by Gasteiger charge is -2.20. The number of anilines is 1. The van der Waals surface area contributed by atoms with Gasteiger partial charge in [-0.2, -0.15) is 0 Å². The molecule has 3 rings (SSSR count). The summed E-state index contributed by atoms with van der Waals surface area (Å²) in [5.74, 6) is 0.374. The number of hydrogen-bond acceptors (Lipinski definition) is 3. The third-order valence-corrected chi connectivity index (χ3v) is 3.55. The second-order valence-corrected chi connectivity index (χ2v) is 4.83. The molecule has 4 nitrogen and oxygen atoms in total. The van der Waals surface area contributed by atoms with Crippen molar-refractivity contribution in [2.75, 3.05) is 12.3 Å². The van der Waals surface area contributed by atoms with E-state index in [1.54, 1.807) is 6.07 Å². The Bertz CT molecular complexity index is 670. The monoisotopic (exact) mass is 273 g/mol. The Hall–Kier alpha value is -2.07. The maximum atomic E-state index is 11.8. The molecule has 1 amide bonds. The minimum Gasteiger partial charge on any atom is -0.384 e. The molecule has 0 fully saturated rings. The summed E-state index contributed by atoms with van der Waals surface area (Å²) in [6, 6.07) is 7.38. The van der Waals surface area contributed by atoms with Crippen LogP contribution in [0.2, 0.25) is 5.02 Å². The first-order valence-electron chi connectivity index (χ1n) is 5.98. The SMILES string of the molecule is Nc1cc(-c2cccc3c2CCNC3=O)c(Cl)cn1. The van der Waals surface area contributed by atoms with E-state index in [9.17, 15) is 4.79 Å². The quantitative estimate of drug-likeness (QED) is 0.837. The maximum Gasteiger partial charge on any atom is 0.251 e. The summed E-state index contributed by atoms with van der Waals surface area (Å²) in [7, 11) is 0. The molecular formula is C14H12ClN3O. The lowest BCUT2D eigenvalue weighted by Crippen LogP contribution is -2.32. The number of nitrogens with one attached hydrogen (secondary N) is 1. The van der Waals surface area contributed by atoms with Crippen LogP contribution in [-0.2, 0) is 6.42 Å². The Labute approximate surface area is 115 Å².